The maximum atomic E-state index is 10.7. The van der Waals surface area contributed by atoms with Crippen LogP contribution in [0.25, 0.3) is 11.1 Å². The molecular formula is C9H8N2O2. The predicted molar refractivity (Wildman–Crippen MR) is 46.9 cm³/mol. The Morgan fingerprint density at radius 3 is 3.15 bits per heavy atom. The van der Waals surface area contributed by atoms with Crippen molar-refractivity contribution in [1.82, 2.24) is 4.98 Å². The minimum atomic E-state index is -0.365. The first-order valence-electron chi connectivity index (χ1n) is 3.87. The lowest BCUT2D eigenvalue weighted by Gasteiger charge is -1.96. The van der Waals surface area contributed by atoms with Crippen LogP contribution in [0.5, 0.6) is 0 Å². The van der Waals surface area contributed by atoms with E-state index in [2.05, 4.69) is 4.98 Å². The second-order valence-corrected chi connectivity index (χ2v) is 2.76. The van der Waals surface area contributed by atoms with Crippen LogP contribution in [0, 0.1) is 0 Å². The topological polar surface area (TPSA) is 69.1 Å². The highest BCUT2D eigenvalue weighted by atomic mass is 16.3. The summed E-state index contributed by atoms with van der Waals surface area (Å²) < 4.78 is 5.08. The number of benzene rings is 1. The fraction of sp³-hybridized carbons (Fsp3) is 0.111. The van der Waals surface area contributed by atoms with Gasteiger partial charge in [0, 0.05) is 0 Å². The fourth-order valence-corrected chi connectivity index (χ4v) is 1.28. The number of oxazole rings is 1. The molecule has 0 atom stereocenters. The van der Waals surface area contributed by atoms with Gasteiger partial charge in [0.15, 0.2) is 12.0 Å². The molecule has 1 heterocycles. The van der Waals surface area contributed by atoms with Crippen LogP contribution < -0.4 is 5.73 Å². The molecule has 1 aromatic heterocycles. The van der Waals surface area contributed by atoms with E-state index in [1.807, 2.05) is 12.1 Å². The average molecular weight is 176 g/mol. The molecule has 2 rings (SSSR count). The third-order valence-electron chi connectivity index (χ3n) is 1.81. The second kappa shape index (κ2) is 2.90. The summed E-state index contributed by atoms with van der Waals surface area (Å²) in [5, 5.41) is 0. The van der Waals surface area contributed by atoms with Gasteiger partial charge in [-0.15, -0.1) is 0 Å². The minimum absolute atomic E-state index is 0.198. The molecule has 0 bridgehead atoms. The molecule has 0 unspecified atom stereocenters. The number of nitrogens with zero attached hydrogens (tertiary/aromatic N) is 1. The number of carbonyl (C=O) groups is 1. The number of hydrogen-bond donors (Lipinski definition) is 1. The summed E-state index contributed by atoms with van der Waals surface area (Å²) in [7, 11) is 0. The van der Waals surface area contributed by atoms with E-state index in [-0.39, 0.29) is 12.3 Å². The van der Waals surface area contributed by atoms with Gasteiger partial charge in [-0.05, 0) is 11.6 Å². The zero-order valence-electron chi connectivity index (χ0n) is 6.86. The Labute approximate surface area is 74.4 Å². The highest BCUT2D eigenvalue weighted by molar-refractivity contribution is 5.84. The normalized spacial score (nSPS) is 10.5. The number of nitrogens with two attached hydrogens (primary N) is 1. The molecule has 13 heavy (non-hydrogen) atoms. The minimum Gasteiger partial charge on any atom is -0.443 e. The average Bonchev–Trinajstić information content (AvgIpc) is 2.51. The van der Waals surface area contributed by atoms with Crippen molar-refractivity contribution in [2.45, 2.75) is 6.42 Å². The summed E-state index contributed by atoms with van der Waals surface area (Å²) in [5.41, 5.74) is 7.28. The van der Waals surface area contributed by atoms with Crippen molar-refractivity contribution in [1.29, 1.82) is 0 Å². The predicted octanol–water partition coefficient (Wildman–Crippen LogP) is 0.856. The Morgan fingerprint density at radius 1 is 1.54 bits per heavy atom. The van der Waals surface area contributed by atoms with E-state index < -0.39 is 0 Å². The molecule has 4 heteroatoms. The number of aromatic nitrogens is 1. The zero-order valence-corrected chi connectivity index (χ0v) is 6.86. The molecule has 4 nitrogen and oxygen atoms in total. The molecule has 0 aliphatic carbocycles. The van der Waals surface area contributed by atoms with Crippen LogP contribution in [0.1, 0.15) is 5.56 Å². The number of hydrogen-bond acceptors (Lipinski definition) is 3. The maximum Gasteiger partial charge on any atom is 0.221 e. The van der Waals surface area contributed by atoms with Gasteiger partial charge in [-0.2, -0.15) is 0 Å². The fourth-order valence-electron chi connectivity index (χ4n) is 1.28. The number of carbonyl (C=O) groups excluding carboxylic acids is 1. The van der Waals surface area contributed by atoms with Gasteiger partial charge >= 0.3 is 0 Å². The van der Waals surface area contributed by atoms with Crippen molar-refractivity contribution in [3.8, 4) is 0 Å². The summed E-state index contributed by atoms with van der Waals surface area (Å²) in [5.74, 6) is -0.365. The standard InChI is InChI=1S/C9H8N2O2/c10-8(12)4-6-2-1-3-7-9(6)11-5-13-7/h1-3,5H,4H2,(H2,10,12). The first-order chi connectivity index (χ1) is 6.27. The molecule has 0 saturated heterocycles. The number of amides is 1. The molecule has 0 fully saturated rings. The molecule has 0 spiro atoms. The number of primary amides is 1. The van der Waals surface area contributed by atoms with Crippen molar-refractivity contribution < 1.29 is 9.21 Å². The first kappa shape index (κ1) is 7.79. The molecule has 0 aliphatic heterocycles. The molecule has 2 N–H and O–H groups in total. The summed E-state index contributed by atoms with van der Waals surface area (Å²) in [4.78, 5) is 14.7. The van der Waals surface area contributed by atoms with Gasteiger partial charge in [-0.3, -0.25) is 4.79 Å². The Balaban J connectivity index is 2.54. The van der Waals surface area contributed by atoms with Crippen LogP contribution in [-0.2, 0) is 11.2 Å². The SMILES string of the molecule is NC(=O)Cc1cccc2ocnc12. The number of fused-ring (bicyclic) bond motifs is 1. The summed E-state index contributed by atoms with van der Waals surface area (Å²) >= 11 is 0. The van der Waals surface area contributed by atoms with Crippen LogP contribution in [0.4, 0.5) is 0 Å². The highest BCUT2D eigenvalue weighted by Gasteiger charge is 2.06. The summed E-state index contributed by atoms with van der Waals surface area (Å²) in [6.45, 7) is 0. The van der Waals surface area contributed by atoms with Gasteiger partial charge in [-0.25, -0.2) is 4.98 Å². The third kappa shape index (κ3) is 1.38. The van der Waals surface area contributed by atoms with Crippen molar-refractivity contribution >= 4 is 17.0 Å². The van der Waals surface area contributed by atoms with E-state index in [0.29, 0.717) is 11.1 Å². The van der Waals surface area contributed by atoms with Crippen LogP contribution in [0.15, 0.2) is 29.0 Å². The van der Waals surface area contributed by atoms with E-state index in [1.165, 1.54) is 6.39 Å². The van der Waals surface area contributed by atoms with Crippen molar-refractivity contribution in [3.63, 3.8) is 0 Å². The van der Waals surface area contributed by atoms with Gasteiger partial charge in [0.1, 0.15) is 5.52 Å². The van der Waals surface area contributed by atoms with E-state index in [4.69, 9.17) is 10.2 Å². The lowest BCUT2D eigenvalue weighted by Crippen LogP contribution is -2.13. The van der Waals surface area contributed by atoms with Crippen LogP contribution in [0.2, 0.25) is 0 Å². The molecule has 0 saturated carbocycles. The molecule has 1 amide bonds. The van der Waals surface area contributed by atoms with E-state index >= 15 is 0 Å². The molecule has 66 valence electrons. The van der Waals surface area contributed by atoms with Gasteiger partial charge in [0.2, 0.25) is 5.91 Å². The van der Waals surface area contributed by atoms with Crippen molar-refractivity contribution in [2.24, 2.45) is 5.73 Å². The lowest BCUT2D eigenvalue weighted by molar-refractivity contribution is -0.117. The number of rotatable bonds is 2. The monoisotopic (exact) mass is 176 g/mol. The van der Waals surface area contributed by atoms with Crippen molar-refractivity contribution in [3.05, 3.63) is 30.2 Å². The summed E-state index contributed by atoms with van der Waals surface area (Å²) in [6.07, 6.45) is 1.55. The Bertz CT molecular complexity index is 448. The lowest BCUT2D eigenvalue weighted by atomic mass is 10.1. The third-order valence-corrected chi connectivity index (χ3v) is 1.81. The van der Waals surface area contributed by atoms with Crippen molar-refractivity contribution in [2.75, 3.05) is 0 Å². The largest absolute Gasteiger partial charge is 0.443 e. The molecule has 1 aromatic carbocycles. The quantitative estimate of drug-likeness (QED) is 0.737. The molecule has 0 aliphatic rings. The van der Waals surface area contributed by atoms with Gasteiger partial charge < -0.3 is 10.2 Å². The van der Waals surface area contributed by atoms with Gasteiger partial charge in [-0.1, -0.05) is 12.1 Å². The smallest absolute Gasteiger partial charge is 0.221 e. The number of para-hydroxylation sites is 1. The van der Waals surface area contributed by atoms with E-state index in [1.54, 1.807) is 6.07 Å². The van der Waals surface area contributed by atoms with Crippen LogP contribution in [0.3, 0.4) is 0 Å². The van der Waals surface area contributed by atoms with Gasteiger partial charge in [0.25, 0.3) is 0 Å². The van der Waals surface area contributed by atoms with Crippen LogP contribution in [-0.4, -0.2) is 10.9 Å². The Hall–Kier alpha value is -1.84. The first-order valence-corrected chi connectivity index (χ1v) is 3.87. The molecule has 0 radical (unpaired) electrons. The molecule has 2 aromatic rings. The van der Waals surface area contributed by atoms with Gasteiger partial charge in [0.05, 0.1) is 6.42 Å². The molecular weight excluding hydrogens is 168 g/mol. The Morgan fingerprint density at radius 2 is 2.38 bits per heavy atom. The zero-order chi connectivity index (χ0) is 9.26. The van der Waals surface area contributed by atoms with E-state index in [9.17, 15) is 4.79 Å². The van der Waals surface area contributed by atoms with Crippen LogP contribution >= 0.6 is 0 Å². The van der Waals surface area contributed by atoms with E-state index in [0.717, 1.165) is 5.56 Å². The second-order valence-electron chi connectivity index (χ2n) is 2.76. The maximum absolute atomic E-state index is 10.7. The highest BCUT2D eigenvalue weighted by Crippen LogP contribution is 2.16. The summed E-state index contributed by atoms with van der Waals surface area (Å²) in [6, 6.07) is 5.42. The Kier molecular flexibility index (Phi) is 1.73.